The molecule has 1 heterocycles. The first-order chi connectivity index (χ1) is 14.2. The van der Waals surface area contributed by atoms with E-state index >= 15 is 0 Å². The third-order valence-electron chi connectivity index (χ3n) is 4.67. The van der Waals surface area contributed by atoms with Gasteiger partial charge in [-0.2, -0.15) is 13.2 Å². The van der Waals surface area contributed by atoms with Crippen LogP contribution in [0.1, 0.15) is 28.4 Å². The van der Waals surface area contributed by atoms with Crippen LogP contribution in [0.2, 0.25) is 0 Å². The van der Waals surface area contributed by atoms with Crippen molar-refractivity contribution in [2.75, 3.05) is 20.8 Å². The lowest BCUT2D eigenvalue weighted by molar-refractivity contribution is -0.137. The van der Waals surface area contributed by atoms with Crippen LogP contribution in [-0.4, -0.2) is 31.8 Å². The Morgan fingerprint density at radius 2 is 1.83 bits per heavy atom. The van der Waals surface area contributed by atoms with E-state index in [1.165, 1.54) is 26.4 Å². The average molecular weight is 419 g/mol. The highest BCUT2D eigenvalue weighted by Gasteiger charge is 2.31. The predicted molar refractivity (Wildman–Crippen MR) is 106 cm³/mol. The number of alkyl halides is 3. The molecule has 0 saturated heterocycles. The molecule has 8 heteroatoms. The van der Waals surface area contributed by atoms with Crippen LogP contribution in [0.5, 0.6) is 11.5 Å². The van der Waals surface area contributed by atoms with Gasteiger partial charge in [0.1, 0.15) is 0 Å². The van der Waals surface area contributed by atoms with Gasteiger partial charge in [-0.15, -0.1) is 0 Å². The van der Waals surface area contributed by atoms with Gasteiger partial charge < -0.3 is 14.2 Å². The highest BCUT2D eigenvalue weighted by Crippen LogP contribution is 2.38. The van der Waals surface area contributed by atoms with Gasteiger partial charge in [0.25, 0.3) is 0 Å². The first-order valence-corrected chi connectivity index (χ1v) is 9.12. The van der Waals surface area contributed by atoms with Gasteiger partial charge in [-0.3, -0.25) is 0 Å². The van der Waals surface area contributed by atoms with Crippen LogP contribution in [0.15, 0.2) is 36.4 Å². The molecule has 0 unspecified atom stereocenters. The van der Waals surface area contributed by atoms with Crippen molar-refractivity contribution in [3.8, 4) is 22.8 Å². The van der Waals surface area contributed by atoms with E-state index in [4.69, 9.17) is 14.2 Å². The summed E-state index contributed by atoms with van der Waals surface area (Å²) in [5.74, 6) is 0.191. The van der Waals surface area contributed by atoms with Gasteiger partial charge in [0.05, 0.1) is 43.2 Å². The molecule has 0 aliphatic rings. The van der Waals surface area contributed by atoms with Crippen LogP contribution in [0.4, 0.5) is 13.2 Å². The molecule has 0 bridgehead atoms. The quantitative estimate of drug-likeness (QED) is 0.517. The summed E-state index contributed by atoms with van der Waals surface area (Å²) in [6.07, 6.45) is -4.50. The zero-order chi connectivity index (χ0) is 22.1. The Bertz CT molecular complexity index is 1110. The Labute approximate surface area is 171 Å². The number of hydrogen-bond acceptors (Lipinski definition) is 5. The summed E-state index contributed by atoms with van der Waals surface area (Å²) in [4.78, 5) is 17.1. The Morgan fingerprint density at radius 1 is 1.10 bits per heavy atom. The number of aromatic nitrogens is 1. The molecule has 5 nitrogen and oxygen atoms in total. The Balaban J connectivity index is 2.36. The third kappa shape index (κ3) is 3.90. The lowest BCUT2D eigenvalue weighted by Crippen LogP contribution is -2.09. The molecule has 0 spiro atoms. The number of rotatable bonds is 5. The number of carbonyl (C=O) groups excluding carboxylic acids is 1. The van der Waals surface area contributed by atoms with Gasteiger partial charge in [0.2, 0.25) is 0 Å². The number of hydrogen-bond donors (Lipinski definition) is 0. The number of fused-ring (bicyclic) bond motifs is 1. The molecule has 0 saturated carbocycles. The van der Waals surface area contributed by atoms with E-state index in [-0.39, 0.29) is 16.8 Å². The van der Waals surface area contributed by atoms with Gasteiger partial charge in [0, 0.05) is 17.0 Å². The van der Waals surface area contributed by atoms with E-state index in [1.54, 1.807) is 26.0 Å². The topological polar surface area (TPSA) is 57.7 Å². The van der Waals surface area contributed by atoms with Crippen LogP contribution in [-0.2, 0) is 10.9 Å². The second kappa shape index (κ2) is 8.22. The fraction of sp³-hybridized carbons (Fsp3) is 0.273. The van der Waals surface area contributed by atoms with Crippen molar-refractivity contribution >= 4 is 16.9 Å². The van der Waals surface area contributed by atoms with Crippen molar-refractivity contribution in [3.05, 3.63) is 53.1 Å². The van der Waals surface area contributed by atoms with Crippen LogP contribution < -0.4 is 9.47 Å². The summed E-state index contributed by atoms with van der Waals surface area (Å²) in [7, 11) is 2.71. The van der Waals surface area contributed by atoms with Gasteiger partial charge in [-0.05, 0) is 37.6 Å². The minimum atomic E-state index is -4.50. The van der Waals surface area contributed by atoms with E-state index in [1.807, 2.05) is 0 Å². The zero-order valence-corrected chi connectivity index (χ0v) is 16.9. The summed E-state index contributed by atoms with van der Waals surface area (Å²) < 4.78 is 55.4. The summed E-state index contributed by atoms with van der Waals surface area (Å²) in [5.41, 5.74) is 0.671. The highest BCUT2D eigenvalue weighted by molar-refractivity contribution is 6.07. The maximum Gasteiger partial charge on any atom is 0.416 e. The van der Waals surface area contributed by atoms with E-state index in [2.05, 4.69) is 4.98 Å². The number of methoxy groups -OCH3 is 2. The van der Waals surface area contributed by atoms with Crippen LogP contribution >= 0.6 is 0 Å². The lowest BCUT2D eigenvalue weighted by atomic mass is 9.96. The number of pyridine rings is 1. The molecular formula is C22H20F3NO4. The van der Waals surface area contributed by atoms with E-state index in [9.17, 15) is 18.0 Å². The monoisotopic (exact) mass is 419 g/mol. The van der Waals surface area contributed by atoms with Crippen LogP contribution in [0.25, 0.3) is 22.2 Å². The van der Waals surface area contributed by atoms with Gasteiger partial charge in [-0.1, -0.05) is 12.1 Å². The number of halogens is 3. The first kappa shape index (κ1) is 21.4. The van der Waals surface area contributed by atoms with Gasteiger partial charge >= 0.3 is 12.1 Å². The fourth-order valence-corrected chi connectivity index (χ4v) is 3.28. The van der Waals surface area contributed by atoms with Crippen molar-refractivity contribution in [2.24, 2.45) is 0 Å². The van der Waals surface area contributed by atoms with Crippen molar-refractivity contribution < 1.29 is 32.2 Å². The molecule has 0 radical (unpaired) electrons. The summed E-state index contributed by atoms with van der Waals surface area (Å²) in [5, 5.41) is 0.454. The number of carbonyl (C=O) groups is 1. The van der Waals surface area contributed by atoms with E-state index in [0.29, 0.717) is 34.6 Å². The Hall–Kier alpha value is -3.29. The van der Waals surface area contributed by atoms with E-state index in [0.717, 1.165) is 12.1 Å². The molecule has 1 aromatic heterocycles. The number of benzene rings is 2. The summed E-state index contributed by atoms with van der Waals surface area (Å²) in [6, 6.07) is 8.03. The average Bonchev–Trinajstić information content (AvgIpc) is 2.72. The standard InChI is InChI=1S/C22H20F3NO4/c1-5-30-18-11-16-15(10-17(18)28-3)19(21(27)29-4)12(2)20(26-16)13-7-6-8-14(9-13)22(23,24)25/h6-11H,5H2,1-4H3. The molecule has 0 atom stereocenters. The maximum atomic E-state index is 13.2. The van der Waals surface area contributed by atoms with Crippen molar-refractivity contribution in [1.82, 2.24) is 4.98 Å². The van der Waals surface area contributed by atoms with Crippen LogP contribution in [0.3, 0.4) is 0 Å². The molecule has 3 rings (SSSR count). The smallest absolute Gasteiger partial charge is 0.416 e. The van der Waals surface area contributed by atoms with Crippen LogP contribution in [0, 0.1) is 6.92 Å². The molecule has 0 aliphatic carbocycles. The minimum absolute atomic E-state index is 0.205. The highest BCUT2D eigenvalue weighted by atomic mass is 19.4. The maximum absolute atomic E-state index is 13.2. The molecule has 3 aromatic rings. The number of ether oxygens (including phenoxy) is 3. The second-order valence-electron chi connectivity index (χ2n) is 6.48. The normalized spacial score (nSPS) is 11.4. The number of esters is 1. The first-order valence-electron chi connectivity index (χ1n) is 9.12. The second-order valence-corrected chi connectivity index (χ2v) is 6.48. The summed E-state index contributed by atoms with van der Waals surface area (Å²) >= 11 is 0. The summed E-state index contributed by atoms with van der Waals surface area (Å²) in [6.45, 7) is 3.80. The lowest BCUT2D eigenvalue weighted by Gasteiger charge is -2.17. The van der Waals surface area contributed by atoms with Gasteiger partial charge in [-0.25, -0.2) is 9.78 Å². The minimum Gasteiger partial charge on any atom is -0.493 e. The van der Waals surface area contributed by atoms with Gasteiger partial charge in [0.15, 0.2) is 11.5 Å². The molecule has 2 aromatic carbocycles. The molecule has 30 heavy (non-hydrogen) atoms. The molecule has 0 aliphatic heterocycles. The van der Waals surface area contributed by atoms with Crippen molar-refractivity contribution in [1.29, 1.82) is 0 Å². The number of nitrogens with zero attached hydrogens (tertiary/aromatic N) is 1. The molecular weight excluding hydrogens is 399 g/mol. The molecule has 0 fully saturated rings. The van der Waals surface area contributed by atoms with E-state index < -0.39 is 17.7 Å². The Kier molecular flexibility index (Phi) is 5.87. The van der Waals surface area contributed by atoms with Crippen molar-refractivity contribution in [3.63, 3.8) is 0 Å². The van der Waals surface area contributed by atoms with Crippen molar-refractivity contribution in [2.45, 2.75) is 20.0 Å². The Morgan fingerprint density at radius 3 is 2.43 bits per heavy atom. The zero-order valence-electron chi connectivity index (χ0n) is 16.9. The molecule has 158 valence electrons. The predicted octanol–water partition coefficient (Wildman–Crippen LogP) is 5.42. The largest absolute Gasteiger partial charge is 0.493 e. The molecule has 0 N–H and O–H groups in total. The molecule has 0 amide bonds. The SMILES string of the molecule is CCOc1cc2nc(-c3cccc(C(F)(F)F)c3)c(C)c(C(=O)OC)c2cc1OC. The third-order valence-corrected chi connectivity index (χ3v) is 4.67. The fourth-order valence-electron chi connectivity index (χ4n) is 3.28.